The Morgan fingerprint density at radius 2 is 1.52 bits per heavy atom. The van der Waals surface area contributed by atoms with Crippen molar-refractivity contribution in [2.24, 2.45) is 5.92 Å². The summed E-state index contributed by atoms with van der Waals surface area (Å²) in [5, 5.41) is 0. The summed E-state index contributed by atoms with van der Waals surface area (Å²) in [6.07, 6.45) is 1.24. The quantitative estimate of drug-likeness (QED) is 0.618. The van der Waals surface area contributed by atoms with E-state index in [1.165, 1.54) is 29.7 Å². The maximum atomic E-state index is 13.9. The van der Waals surface area contributed by atoms with Crippen molar-refractivity contribution in [3.63, 3.8) is 0 Å². The summed E-state index contributed by atoms with van der Waals surface area (Å²) in [5.74, 6) is 5.80. The molecule has 0 N–H and O–H groups in total. The minimum atomic E-state index is -0.604. The molecule has 0 heterocycles. The topological polar surface area (TPSA) is 0 Å². The first kappa shape index (κ1) is 15.7. The molecule has 0 nitrogen and oxygen atoms in total. The van der Waals surface area contributed by atoms with Crippen LogP contribution in [0, 0.1) is 50.2 Å². The summed E-state index contributed by atoms with van der Waals surface area (Å²) in [6, 6.07) is 6.83. The molecule has 2 aromatic rings. The third-order valence-corrected chi connectivity index (χ3v) is 4.63. The maximum absolute atomic E-state index is 13.9. The first-order chi connectivity index (χ1) is 10.9. The van der Waals surface area contributed by atoms with E-state index < -0.39 is 11.6 Å². The van der Waals surface area contributed by atoms with Crippen LogP contribution in [0.15, 0.2) is 24.3 Å². The SMILES string of the molecule is Cc1cc(F)c(C#Cc2cc(C)c(C3CC3C)cc2C)c(F)c1. The molecule has 1 aliphatic rings. The standard InChI is InChI=1S/C21H20F2/c1-12-7-20(22)17(21(23)8-12)6-5-16-9-14(3)18(10-13(16)2)19-11-15(19)4/h7-10,15,19H,11H2,1-4H3. The average Bonchev–Trinajstić information content (AvgIpc) is 3.17. The Morgan fingerprint density at radius 1 is 0.913 bits per heavy atom. The van der Waals surface area contributed by atoms with Crippen molar-refractivity contribution >= 4 is 0 Å². The van der Waals surface area contributed by atoms with Crippen molar-refractivity contribution in [3.8, 4) is 11.8 Å². The molecule has 2 unspecified atom stereocenters. The molecule has 0 aliphatic heterocycles. The summed E-state index contributed by atoms with van der Waals surface area (Å²) >= 11 is 0. The molecule has 1 aliphatic carbocycles. The van der Waals surface area contributed by atoms with Gasteiger partial charge in [0.2, 0.25) is 0 Å². The van der Waals surface area contributed by atoms with Gasteiger partial charge >= 0.3 is 0 Å². The fourth-order valence-corrected chi connectivity index (χ4v) is 3.08. The number of benzene rings is 2. The Balaban J connectivity index is 1.98. The zero-order chi connectivity index (χ0) is 16.7. The van der Waals surface area contributed by atoms with Gasteiger partial charge in [-0.1, -0.05) is 24.8 Å². The monoisotopic (exact) mass is 310 g/mol. The van der Waals surface area contributed by atoms with Gasteiger partial charge < -0.3 is 0 Å². The largest absolute Gasteiger partial charge is 0.206 e. The molecule has 0 spiro atoms. The van der Waals surface area contributed by atoms with E-state index in [-0.39, 0.29) is 5.56 Å². The predicted molar refractivity (Wildman–Crippen MR) is 89.5 cm³/mol. The van der Waals surface area contributed by atoms with E-state index in [1.54, 1.807) is 6.92 Å². The lowest BCUT2D eigenvalue weighted by Crippen LogP contribution is -1.94. The highest BCUT2D eigenvalue weighted by atomic mass is 19.1. The summed E-state index contributed by atoms with van der Waals surface area (Å²) in [7, 11) is 0. The summed E-state index contributed by atoms with van der Waals surface area (Å²) in [4.78, 5) is 0. The molecular formula is C21H20F2. The molecule has 0 saturated heterocycles. The molecule has 0 amide bonds. The molecule has 2 aromatic carbocycles. The molecular weight excluding hydrogens is 290 g/mol. The van der Waals surface area contributed by atoms with Crippen LogP contribution in [0.1, 0.15) is 52.6 Å². The van der Waals surface area contributed by atoms with Crippen LogP contribution < -0.4 is 0 Å². The van der Waals surface area contributed by atoms with Crippen LogP contribution in [0.25, 0.3) is 0 Å². The van der Waals surface area contributed by atoms with Crippen LogP contribution in [0.4, 0.5) is 8.78 Å². The van der Waals surface area contributed by atoms with Gasteiger partial charge in [0.25, 0.3) is 0 Å². The Hall–Kier alpha value is -2.14. The van der Waals surface area contributed by atoms with Gasteiger partial charge in [0, 0.05) is 5.56 Å². The van der Waals surface area contributed by atoms with Gasteiger partial charge in [-0.15, -0.1) is 0 Å². The summed E-state index contributed by atoms with van der Waals surface area (Å²) in [5.41, 5.74) is 4.88. The van der Waals surface area contributed by atoms with Crippen LogP contribution in [0.3, 0.4) is 0 Å². The van der Waals surface area contributed by atoms with Gasteiger partial charge in [0.1, 0.15) is 11.6 Å². The third kappa shape index (κ3) is 3.15. The third-order valence-electron chi connectivity index (χ3n) is 4.63. The van der Waals surface area contributed by atoms with Crippen molar-refractivity contribution in [1.29, 1.82) is 0 Å². The van der Waals surface area contributed by atoms with Gasteiger partial charge in [-0.2, -0.15) is 0 Å². The first-order valence-corrected chi connectivity index (χ1v) is 7.95. The predicted octanol–water partition coefficient (Wildman–Crippen LogP) is 5.41. The molecule has 0 aromatic heterocycles. The fraction of sp³-hybridized carbons (Fsp3) is 0.333. The van der Waals surface area contributed by atoms with Crippen molar-refractivity contribution in [2.45, 2.75) is 40.0 Å². The second kappa shape index (κ2) is 5.81. The van der Waals surface area contributed by atoms with Crippen molar-refractivity contribution < 1.29 is 8.78 Å². The lowest BCUT2D eigenvalue weighted by atomic mass is 9.96. The molecule has 2 heteroatoms. The first-order valence-electron chi connectivity index (χ1n) is 7.95. The van der Waals surface area contributed by atoms with E-state index in [4.69, 9.17) is 0 Å². The lowest BCUT2D eigenvalue weighted by Gasteiger charge is -2.08. The van der Waals surface area contributed by atoms with Gasteiger partial charge in [0.05, 0.1) is 5.56 Å². The zero-order valence-electron chi connectivity index (χ0n) is 13.9. The second-order valence-electron chi connectivity index (χ2n) is 6.70. The Morgan fingerprint density at radius 3 is 2.09 bits per heavy atom. The van der Waals surface area contributed by atoms with E-state index in [9.17, 15) is 8.78 Å². The minimum Gasteiger partial charge on any atom is -0.206 e. The molecule has 0 bridgehead atoms. The van der Waals surface area contributed by atoms with Crippen LogP contribution in [0.2, 0.25) is 0 Å². The van der Waals surface area contributed by atoms with Gasteiger partial charge in [0.15, 0.2) is 0 Å². The van der Waals surface area contributed by atoms with E-state index in [0.717, 1.165) is 17.0 Å². The number of halogens is 2. The Labute approximate surface area is 136 Å². The highest BCUT2D eigenvalue weighted by Crippen LogP contribution is 2.48. The highest BCUT2D eigenvalue weighted by molar-refractivity contribution is 5.51. The smallest absolute Gasteiger partial charge is 0.142 e. The second-order valence-corrected chi connectivity index (χ2v) is 6.70. The van der Waals surface area contributed by atoms with E-state index in [0.29, 0.717) is 11.5 Å². The average molecular weight is 310 g/mol. The van der Waals surface area contributed by atoms with E-state index >= 15 is 0 Å². The minimum absolute atomic E-state index is 0.160. The van der Waals surface area contributed by atoms with Crippen LogP contribution in [-0.2, 0) is 0 Å². The maximum Gasteiger partial charge on any atom is 0.142 e. The molecule has 1 fully saturated rings. The van der Waals surface area contributed by atoms with Crippen LogP contribution in [0.5, 0.6) is 0 Å². The molecule has 1 saturated carbocycles. The summed E-state index contributed by atoms with van der Waals surface area (Å²) in [6.45, 7) is 8.00. The number of aryl methyl sites for hydroxylation is 3. The van der Waals surface area contributed by atoms with Crippen molar-refractivity contribution in [1.82, 2.24) is 0 Å². The van der Waals surface area contributed by atoms with Gasteiger partial charge in [-0.25, -0.2) is 8.78 Å². The molecule has 118 valence electrons. The lowest BCUT2D eigenvalue weighted by molar-refractivity contribution is 0.575. The van der Waals surface area contributed by atoms with Crippen molar-refractivity contribution in [2.75, 3.05) is 0 Å². The van der Waals surface area contributed by atoms with E-state index in [2.05, 4.69) is 31.8 Å². The fourth-order valence-electron chi connectivity index (χ4n) is 3.08. The Bertz CT molecular complexity index is 814. The Kier molecular flexibility index (Phi) is 3.98. The van der Waals surface area contributed by atoms with Crippen molar-refractivity contribution in [3.05, 3.63) is 69.3 Å². The van der Waals surface area contributed by atoms with E-state index in [1.807, 2.05) is 13.0 Å². The molecule has 3 rings (SSSR count). The number of hydrogen-bond donors (Lipinski definition) is 0. The normalized spacial score (nSPS) is 19.2. The van der Waals surface area contributed by atoms with Gasteiger partial charge in [-0.05, 0) is 79.5 Å². The zero-order valence-corrected chi connectivity index (χ0v) is 13.9. The number of hydrogen-bond acceptors (Lipinski definition) is 0. The molecule has 23 heavy (non-hydrogen) atoms. The van der Waals surface area contributed by atoms with Gasteiger partial charge in [-0.3, -0.25) is 0 Å². The van der Waals surface area contributed by atoms with Crippen LogP contribution >= 0.6 is 0 Å². The summed E-state index contributed by atoms with van der Waals surface area (Å²) < 4.78 is 27.7. The number of rotatable bonds is 1. The van der Waals surface area contributed by atoms with Crippen LogP contribution in [-0.4, -0.2) is 0 Å². The molecule has 2 atom stereocenters. The molecule has 0 radical (unpaired) electrons. The highest BCUT2D eigenvalue weighted by Gasteiger charge is 2.35.